The average molecular weight is 437 g/mol. The Morgan fingerprint density at radius 3 is 2.42 bits per heavy atom. The second-order valence-electron chi connectivity index (χ2n) is 8.26. The molecule has 1 aromatic heterocycles. The first-order valence-electron chi connectivity index (χ1n) is 10.1. The number of halogens is 2. The van der Waals surface area contributed by atoms with Crippen LogP contribution >= 0.6 is 0 Å². The average Bonchev–Trinajstić information content (AvgIpc) is 2.65. The zero-order valence-corrected chi connectivity index (χ0v) is 18.2. The second kappa shape index (κ2) is 10.2. The van der Waals surface area contributed by atoms with Crippen LogP contribution in [0.25, 0.3) is 0 Å². The van der Waals surface area contributed by atoms with Gasteiger partial charge in [-0.25, -0.2) is 13.6 Å². The van der Waals surface area contributed by atoms with E-state index in [0.717, 1.165) is 12.1 Å². The fraction of sp³-hybridized carbons (Fsp3) is 0.476. The Balaban J connectivity index is 2.26. The quantitative estimate of drug-likeness (QED) is 0.558. The van der Waals surface area contributed by atoms with Crippen molar-refractivity contribution in [2.75, 3.05) is 29.0 Å². The van der Waals surface area contributed by atoms with Crippen molar-refractivity contribution in [3.05, 3.63) is 50.7 Å². The van der Waals surface area contributed by atoms with E-state index in [0.29, 0.717) is 13.1 Å². The fourth-order valence-electron chi connectivity index (χ4n) is 3.20. The normalized spacial score (nSPS) is 11.2. The molecule has 10 heteroatoms. The molecule has 31 heavy (non-hydrogen) atoms. The monoisotopic (exact) mass is 437 g/mol. The number of nitrogens with one attached hydrogen (secondary N) is 2. The molecule has 0 aliphatic rings. The molecular weight excluding hydrogens is 408 g/mol. The summed E-state index contributed by atoms with van der Waals surface area (Å²) >= 11 is 0. The third kappa shape index (κ3) is 6.40. The van der Waals surface area contributed by atoms with Crippen molar-refractivity contribution < 1.29 is 13.6 Å². The Morgan fingerprint density at radius 1 is 1.16 bits per heavy atom. The molecule has 0 saturated heterocycles. The van der Waals surface area contributed by atoms with Gasteiger partial charge in [-0.2, -0.15) is 0 Å². The lowest BCUT2D eigenvalue weighted by Gasteiger charge is -2.28. The second-order valence-corrected chi connectivity index (χ2v) is 8.26. The molecule has 1 amide bonds. The Hall–Kier alpha value is -3.17. The highest BCUT2D eigenvalue weighted by Gasteiger charge is 2.21. The van der Waals surface area contributed by atoms with Gasteiger partial charge in [0, 0.05) is 37.8 Å². The minimum Gasteiger partial charge on any atom is -0.383 e. The van der Waals surface area contributed by atoms with E-state index in [1.807, 2.05) is 27.7 Å². The highest BCUT2D eigenvalue weighted by molar-refractivity contribution is 5.91. The molecule has 0 unspecified atom stereocenters. The summed E-state index contributed by atoms with van der Waals surface area (Å²) in [7, 11) is 0. The highest BCUT2D eigenvalue weighted by Crippen LogP contribution is 2.20. The predicted molar refractivity (Wildman–Crippen MR) is 117 cm³/mol. The van der Waals surface area contributed by atoms with Crippen LogP contribution in [0.5, 0.6) is 0 Å². The number of anilines is 3. The number of rotatable bonds is 9. The summed E-state index contributed by atoms with van der Waals surface area (Å²) in [6.07, 6.45) is -0.0338. The van der Waals surface area contributed by atoms with Gasteiger partial charge in [-0.15, -0.1) is 0 Å². The number of amides is 1. The number of aromatic nitrogens is 2. The zero-order valence-electron chi connectivity index (χ0n) is 18.2. The van der Waals surface area contributed by atoms with Gasteiger partial charge >= 0.3 is 5.69 Å². The van der Waals surface area contributed by atoms with Gasteiger partial charge in [0.15, 0.2) is 11.6 Å². The number of nitrogens with zero attached hydrogens (tertiary/aromatic N) is 2. The zero-order chi connectivity index (χ0) is 23.3. The molecule has 0 saturated carbocycles. The van der Waals surface area contributed by atoms with Crippen molar-refractivity contribution >= 4 is 23.1 Å². The van der Waals surface area contributed by atoms with Gasteiger partial charge in [0.1, 0.15) is 11.5 Å². The van der Waals surface area contributed by atoms with Crippen molar-refractivity contribution in [3.63, 3.8) is 0 Å². The number of H-pyrrole nitrogens is 1. The minimum absolute atomic E-state index is 0.0338. The summed E-state index contributed by atoms with van der Waals surface area (Å²) in [6, 6.07) is 3.07. The van der Waals surface area contributed by atoms with E-state index in [-0.39, 0.29) is 42.0 Å². The molecule has 0 bridgehead atoms. The highest BCUT2D eigenvalue weighted by atomic mass is 19.2. The first kappa shape index (κ1) is 24.1. The van der Waals surface area contributed by atoms with E-state index < -0.39 is 28.8 Å². The first-order valence-corrected chi connectivity index (χ1v) is 10.1. The van der Waals surface area contributed by atoms with Crippen molar-refractivity contribution in [1.29, 1.82) is 0 Å². The van der Waals surface area contributed by atoms with Crippen molar-refractivity contribution in [2.45, 2.75) is 40.7 Å². The van der Waals surface area contributed by atoms with Crippen LogP contribution in [0.1, 0.15) is 34.1 Å². The first-order chi connectivity index (χ1) is 14.5. The molecule has 1 aromatic carbocycles. The summed E-state index contributed by atoms with van der Waals surface area (Å²) in [5.74, 6) is -2.20. The lowest BCUT2D eigenvalue weighted by atomic mass is 10.2. The van der Waals surface area contributed by atoms with E-state index in [1.165, 1.54) is 10.6 Å². The number of carbonyl (C=O) groups is 1. The number of hydrogen-bond acceptors (Lipinski definition) is 5. The lowest BCUT2D eigenvalue weighted by Crippen LogP contribution is -2.41. The van der Waals surface area contributed by atoms with Crippen LogP contribution in [0, 0.1) is 23.5 Å². The molecule has 0 aliphatic carbocycles. The van der Waals surface area contributed by atoms with Crippen molar-refractivity contribution in [3.8, 4) is 0 Å². The third-order valence-electron chi connectivity index (χ3n) is 4.48. The summed E-state index contributed by atoms with van der Waals surface area (Å²) in [5.41, 5.74) is 5.25. The summed E-state index contributed by atoms with van der Waals surface area (Å²) in [5, 5.41) is 2.50. The minimum atomic E-state index is -1.06. The fourth-order valence-corrected chi connectivity index (χ4v) is 3.20. The Labute approximate surface area is 179 Å². The van der Waals surface area contributed by atoms with Crippen LogP contribution in [-0.4, -0.2) is 28.5 Å². The van der Waals surface area contributed by atoms with Crippen LogP contribution in [0.3, 0.4) is 0 Å². The molecule has 0 radical (unpaired) electrons. The molecule has 0 aliphatic heterocycles. The van der Waals surface area contributed by atoms with Gasteiger partial charge < -0.3 is 16.0 Å². The Kier molecular flexibility index (Phi) is 7.95. The van der Waals surface area contributed by atoms with E-state index in [1.54, 1.807) is 4.90 Å². The standard InChI is InChI=1S/C21H29F2N5O3/c1-12(2)10-27(8-7-17(29)25-14-5-6-15(22)16(23)9-14)18-19(24)28(11-13(3)4)21(31)26-20(18)30/h5-6,9,12-13H,7-8,10-11,24H2,1-4H3,(H,25,29)(H,26,30,31). The molecule has 8 nitrogen and oxygen atoms in total. The van der Waals surface area contributed by atoms with E-state index in [2.05, 4.69) is 10.3 Å². The van der Waals surface area contributed by atoms with Gasteiger partial charge in [0.05, 0.1) is 0 Å². The molecule has 0 atom stereocenters. The molecule has 1 heterocycles. The number of nitrogens with two attached hydrogens (primary N) is 1. The maximum Gasteiger partial charge on any atom is 0.330 e. The molecule has 0 spiro atoms. The summed E-state index contributed by atoms with van der Waals surface area (Å²) in [6.45, 7) is 8.63. The Bertz CT molecular complexity index is 1050. The van der Waals surface area contributed by atoms with Crippen LogP contribution in [-0.2, 0) is 11.3 Å². The van der Waals surface area contributed by atoms with Crippen LogP contribution in [0.4, 0.5) is 26.0 Å². The molecule has 4 N–H and O–H groups in total. The van der Waals surface area contributed by atoms with Crippen LogP contribution < -0.4 is 27.2 Å². The molecule has 2 rings (SSSR count). The van der Waals surface area contributed by atoms with Crippen LogP contribution in [0.2, 0.25) is 0 Å². The third-order valence-corrected chi connectivity index (χ3v) is 4.48. The van der Waals surface area contributed by atoms with Gasteiger partial charge in [0.2, 0.25) is 5.91 Å². The lowest BCUT2D eigenvalue weighted by molar-refractivity contribution is -0.116. The van der Waals surface area contributed by atoms with E-state index in [4.69, 9.17) is 5.73 Å². The van der Waals surface area contributed by atoms with Crippen LogP contribution in [0.15, 0.2) is 27.8 Å². The number of aromatic amines is 1. The molecule has 2 aromatic rings. The maximum absolute atomic E-state index is 13.3. The van der Waals surface area contributed by atoms with Crippen molar-refractivity contribution in [2.24, 2.45) is 11.8 Å². The molecule has 0 fully saturated rings. The predicted octanol–water partition coefficient (Wildman–Crippen LogP) is 2.54. The molecular formula is C21H29F2N5O3. The largest absolute Gasteiger partial charge is 0.383 e. The van der Waals surface area contributed by atoms with Gasteiger partial charge in [-0.05, 0) is 24.0 Å². The number of carbonyl (C=O) groups excluding carboxylic acids is 1. The van der Waals surface area contributed by atoms with Gasteiger partial charge in [-0.1, -0.05) is 27.7 Å². The smallest absolute Gasteiger partial charge is 0.330 e. The van der Waals surface area contributed by atoms with Gasteiger partial charge in [-0.3, -0.25) is 19.1 Å². The molecule has 170 valence electrons. The topological polar surface area (TPSA) is 113 Å². The van der Waals surface area contributed by atoms with E-state index in [9.17, 15) is 23.2 Å². The number of hydrogen-bond donors (Lipinski definition) is 3. The van der Waals surface area contributed by atoms with E-state index >= 15 is 0 Å². The summed E-state index contributed by atoms with van der Waals surface area (Å²) in [4.78, 5) is 41.1. The Morgan fingerprint density at radius 2 is 1.84 bits per heavy atom. The maximum atomic E-state index is 13.3. The van der Waals surface area contributed by atoms with Gasteiger partial charge in [0.25, 0.3) is 5.56 Å². The number of benzene rings is 1. The summed E-state index contributed by atoms with van der Waals surface area (Å²) < 4.78 is 27.7. The number of nitrogen functional groups attached to an aromatic ring is 1. The SMILES string of the molecule is CC(C)CN(CCC(=O)Nc1ccc(F)c(F)c1)c1c(N)n(CC(C)C)c(=O)[nH]c1=O. The van der Waals surface area contributed by atoms with Crippen molar-refractivity contribution in [1.82, 2.24) is 9.55 Å².